The van der Waals surface area contributed by atoms with Gasteiger partial charge in [0.05, 0.1) is 12.7 Å². The summed E-state index contributed by atoms with van der Waals surface area (Å²) in [5.74, 6) is 0.333. The highest BCUT2D eigenvalue weighted by molar-refractivity contribution is 9.09. The lowest BCUT2D eigenvalue weighted by molar-refractivity contribution is -0.115. The van der Waals surface area contributed by atoms with Gasteiger partial charge in [0.15, 0.2) is 0 Å². The predicted molar refractivity (Wildman–Crippen MR) is 64.7 cm³/mol. The first-order valence-electron chi connectivity index (χ1n) is 4.65. The van der Waals surface area contributed by atoms with Crippen LogP contribution < -0.4 is 10.1 Å². The van der Waals surface area contributed by atoms with Crippen molar-refractivity contribution in [3.05, 3.63) is 23.8 Å². The first-order chi connectivity index (χ1) is 7.72. The number of hydrogen-bond acceptors (Lipinski definition) is 3. The van der Waals surface area contributed by atoms with Crippen molar-refractivity contribution in [1.29, 1.82) is 5.26 Å². The zero-order valence-electron chi connectivity index (χ0n) is 8.79. The maximum atomic E-state index is 11.4. The summed E-state index contributed by atoms with van der Waals surface area (Å²) in [6.07, 6.45) is 0.350. The number of nitrogens with zero attached hydrogens (tertiary/aromatic N) is 1. The zero-order chi connectivity index (χ0) is 12.0. The molecule has 0 unspecified atom stereocenters. The third-order valence-corrected chi connectivity index (χ3v) is 2.35. The molecule has 1 aromatic rings. The molecule has 0 saturated carbocycles. The Balaban J connectivity index is 3.01. The molecule has 4 nitrogen and oxygen atoms in total. The highest BCUT2D eigenvalue weighted by Crippen LogP contribution is 2.27. The van der Waals surface area contributed by atoms with Gasteiger partial charge in [-0.1, -0.05) is 22.0 Å². The molecule has 0 atom stereocenters. The molecule has 1 rings (SSSR count). The number of benzene rings is 1. The number of halogens is 1. The fourth-order valence-corrected chi connectivity index (χ4v) is 1.57. The monoisotopic (exact) mass is 282 g/mol. The van der Waals surface area contributed by atoms with Gasteiger partial charge in [-0.15, -0.1) is 0 Å². The van der Waals surface area contributed by atoms with E-state index in [2.05, 4.69) is 21.2 Å². The second-order valence-electron chi connectivity index (χ2n) is 2.98. The summed E-state index contributed by atoms with van der Waals surface area (Å²) in [7, 11) is 1.50. The average Bonchev–Trinajstić information content (AvgIpc) is 2.29. The number of para-hydroxylation sites is 1. The molecule has 0 saturated heterocycles. The van der Waals surface area contributed by atoms with E-state index in [9.17, 15) is 4.79 Å². The van der Waals surface area contributed by atoms with Crippen LogP contribution in [0, 0.1) is 11.3 Å². The summed E-state index contributed by atoms with van der Waals surface area (Å²) >= 11 is 3.18. The summed E-state index contributed by atoms with van der Waals surface area (Å²) in [6.45, 7) is 0. The zero-order valence-corrected chi connectivity index (χ0v) is 10.4. The van der Waals surface area contributed by atoms with Gasteiger partial charge in [0, 0.05) is 11.8 Å². The van der Waals surface area contributed by atoms with Crippen molar-refractivity contribution >= 4 is 27.5 Å². The van der Waals surface area contributed by atoms with Crippen molar-refractivity contribution < 1.29 is 9.53 Å². The molecule has 0 fully saturated rings. The van der Waals surface area contributed by atoms with E-state index in [4.69, 9.17) is 10.00 Å². The van der Waals surface area contributed by atoms with E-state index in [1.807, 2.05) is 6.07 Å². The molecule has 0 bridgehead atoms. The second-order valence-corrected chi connectivity index (χ2v) is 3.77. The van der Waals surface area contributed by atoms with Crippen molar-refractivity contribution in [2.45, 2.75) is 6.42 Å². The number of methoxy groups -OCH3 is 1. The van der Waals surface area contributed by atoms with Crippen molar-refractivity contribution in [3.63, 3.8) is 0 Å². The van der Waals surface area contributed by atoms with Crippen molar-refractivity contribution in [1.82, 2.24) is 0 Å². The van der Waals surface area contributed by atoms with E-state index in [0.717, 1.165) is 0 Å². The standard InChI is InChI=1S/C11H11BrN2O2/c1-16-9-4-2-3-8(7-13)11(9)14-10(15)5-6-12/h2-4H,5-6H2,1H3,(H,14,15). The maximum Gasteiger partial charge on any atom is 0.225 e. The van der Waals surface area contributed by atoms with Crippen molar-refractivity contribution in [2.75, 3.05) is 17.8 Å². The Bertz CT molecular complexity index is 426. The summed E-state index contributed by atoms with van der Waals surface area (Å²) in [5, 5.41) is 12.2. The van der Waals surface area contributed by atoms with Crippen LogP contribution in [0.3, 0.4) is 0 Å². The van der Waals surface area contributed by atoms with E-state index in [-0.39, 0.29) is 5.91 Å². The first-order valence-corrected chi connectivity index (χ1v) is 5.78. The summed E-state index contributed by atoms with van der Waals surface area (Å²) in [5.41, 5.74) is 0.820. The van der Waals surface area contributed by atoms with Crippen LogP contribution in [0.15, 0.2) is 18.2 Å². The van der Waals surface area contributed by atoms with Gasteiger partial charge in [-0.25, -0.2) is 0 Å². The third-order valence-electron chi connectivity index (χ3n) is 1.95. The molecule has 0 aliphatic rings. The van der Waals surface area contributed by atoms with Crippen LogP contribution in [-0.4, -0.2) is 18.3 Å². The average molecular weight is 283 g/mol. The largest absolute Gasteiger partial charge is 0.495 e. The Morgan fingerprint density at radius 2 is 2.38 bits per heavy atom. The summed E-state index contributed by atoms with van der Waals surface area (Å²) in [4.78, 5) is 11.4. The normalized spacial score (nSPS) is 9.31. The number of rotatable bonds is 4. The van der Waals surface area contributed by atoms with Gasteiger partial charge in [-0.3, -0.25) is 4.79 Å². The Labute approximate surface area is 102 Å². The van der Waals surface area contributed by atoms with Gasteiger partial charge < -0.3 is 10.1 Å². The molecule has 1 amide bonds. The van der Waals surface area contributed by atoms with Gasteiger partial charge in [0.2, 0.25) is 5.91 Å². The quantitative estimate of drug-likeness (QED) is 0.862. The number of carbonyl (C=O) groups is 1. The van der Waals surface area contributed by atoms with E-state index in [1.165, 1.54) is 7.11 Å². The molecule has 0 radical (unpaired) electrons. The molecule has 1 N–H and O–H groups in total. The molecule has 0 heterocycles. The molecular weight excluding hydrogens is 272 g/mol. The lowest BCUT2D eigenvalue weighted by Gasteiger charge is -2.10. The van der Waals surface area contributed by atoms with E-state index in [0.29, 0.717) is 28.8 Å². The SMILES string of the molecule is COc1cccc(C#N)c1NC(=O)CCBr. The van der Waals surface area contributed by atoms with Crippen LogP contribution in [0.2, 0.25) is 0 Å². The molecule has 1 aromatic carbocycles. The highest BCUT2D eigenvalue weighted by Gasteiger charge is 2.11. The van der Waals surface area contributed by atoms with E-state index in [1.54, 1.807) is 18.2 Å². The van der Waals surface area contributed by atoms with Gasteiger partial charge in [0.25, 0.3) is 0 Å². The van der Waals surface area contributed by atoms with E-state index >= 15 is 0 Å². The number of hydrogen-bond donors (Lipinski definition) is 1. The fraction of sp³-hybridized carbons (Fsp3) is 0.273. The Morgan fingerprint density at radius 1 is 1.62 bits per heavy atom. The van der Waals surface area contributed by atoms with Crippen LogP contribution >= 0.6 is 15.9 Å². The Morgan fingerprint density at radius 3 is 2.94 bits per heavy atom. The first kappa shape index (κ1) is 12.5. The van der Waals surface area contributed by atoms with Crippen LogP contribution in [0.4, 0.5) is 5.69 Å². The minimum atomic E-state index is -0.155. The number of anilines is 1. The van der Waals surface area contributed by atoms with Gasteiger partial charge in [-0.2, -0.15) is 5.26 Å². The molecule has 16 heavy (non-hydrogen) atoms. The Kier molecular flexibility index (Phi) is 4.80. The van der Waals surface area contributed by atoms with E-state index < -0.39 is 0 Å². The van der Waals surface area contributed by atoms with Gasteiger partial charge in [0.1, 0.15) is 17.5 Å². The number of nitrogens with one attached hydrogen (secondary N) is 1. The topological polar surface area (TPSA) is 62.1 Å². The maximum absolute atomic E-state index is 11.4. The number of amides is 1. The molecule has 0 spiro atoms. The summed E-state index contributed by atoms with van der Waals surface area (Å²) in [6, 6.07) is 7.05. The molecule has 84 valence electrons. The minimum Gasteiger partial charge on any atom is -0.495 e. The lowest BCUT2D eigenvalue weighted by Crippen LogP contribution is -2.13. The highest BCUT2D eigenvalue weighted by atomic mass is 79.9. The number of alkyl halides is 1. The number of carbonyl (C=O) groups excluding carboxylic acids is 1. The number of nitriles is 1. The van der Waals surface area contributed by atoms with Crippen LogP contribution in [0.5, 0.6) is 5.75 Å². The molecule has 0 aromatic heterocycles. The molecular formula is C11H11BrN2O2. The molecule has 0 aliphatic heterocycles. The van der Waals surface area contributed by atoms with Crippen molar-refractivity contribution in [3.8, 4) is 11.8 Å². The fourth-order valence-electron chi connectivity index (χ4n) is 1.21. The van der Waals surface area contributed by atoms with Gasteiger partial charge >= 0.3 is 0 Å². The Hall–Kier alpha value is -1.54. The third kappa shape index (κ3) is 2.97. The van der Waals surface area contributed by atoms with Crippen LogP contribution in [0.25, 0.3) is 0 Å². The van der Waals surface area contributed by atoms with Crippen LogP contribution in [-0.2, 0) is 4.79 Å². The van der Waals surface area contributed by atoms with Crippen molar-refractivity contribution in [2.24, 2.45) is 0 Å². The molecule has 5 heteroatoms. The minimum absolute atomic E-state index is 0.155. The number of ether oxygens (including phenoxy) is 1. The van der Waals surface area contributed by atoms with Crippen LogP contribution in [0.1, 0.15) is 12.0 Å². The predicted octanol–water partition coefficient (Wildman–Crippen LogP) is 2.29. The lowest BCUT2D eigenvalue weighted by atomic mass is 10.1. The smallest absolute Gasteiger partial charge is 0.225 e. The second kappa shape index (κ2) is 6.13. The summed E-state index contributed by atoms with van der Waals surface area (Å²) < 4.78 is 5.09. The van der Waals surface area contributed by atoms with Gasteiger partial charge in [-0.05, 0) is 12.1 Å². The molecule has 0 aliphatic carbocycles.